The summed E-state index contributed by atoms with van der Waals surface area (Å²) in [5.41, 5.74) is 5.57. The smallest absolute Gasteiger partial charge is 0.330 e. The Morgan fingerprint density at radius 2 is 1.89 bits per heavy atom. The zero-order chi connectivity index (χ0) is 13.8. The van der Waals surface area contributed by atoms with Crippen molar-refractivity contribution in [2.45, 2.75) is 31.9 Å². The first-order chi connectivity index (χ1) is 8.14. The second-order valence-corrected chi connectivity index (χ2v) is 5.95. The highest BCUT2D eigenvalue weighted by Gasteiger charge is 2.61. The second-order valence-electron chi connectivity index (χ2n) is 5.54. The van der Waals surface area contributed by atoms with Crippen LogP contribution in [0.4, 0.5) is 13.2 Å². The third-order valence-corrected chi connectivity index (χ3v) is 4.40. The molecule has 2 rings (SSSR count). The first-order valence-electron chi connectivity index (χ1n) is 5.71. The molecule has 1 aromatic carbocycles. The van der Waals surface area contributed by atoms with Crippen LogP contribution in [-0.2, 0) is 11.6 Å². The Bertz CT molecular complexity index is 482. The van der Waals surface area contributed by atoms with Crippen LogP contribution in [0.15, 0.2) is 18.2 Å². The molecule has 100 valence electrons. The van der Waals surface area contributed by atoms with E-state index in [1.165, 1.54) is 12.1 Å². The van der Waals surface area contributed by atoms with Gasteiger partial charge in [-0.25, -0.2) is 0 Å². The van der Waals surface area contributed by atoms with Gasteiger partial charge in [0.2, 0.25) is 0 Å². The molecule has 0 heterocycles. The molecule has 1 atom stereocenters. The predicted octanol–water partition coefficient (Wildman–Crippen LogP) is 3.99. The topological polar surface area (TPSA) is 26.0 Å². The molecule has 0 saturated heterocycles. The predicted molar refractivity (Wildman–Crippen MR) is 65.6 cm³/mol. The van der Waals surface area contributed by atoms with E-state index in [1.54, 1.807) is 0 Å². The fraction of sp³-hybridized carbons (Fsp3) is 0.538. The van der Waals surface area contributed by atoms with E-state index in [-0.39, 0.29) is 15.9 Å². The molecule has 0 bridgehead atoms. The molecule has 1 nitrogen and oxygen atoms in total. The summed E-state index contributed by atoms with van der Waals surface area (Å²) in [4.78, 5) is 0. The summed E-state index contributed by atoms with van der Waals surface area (Å²) < 4.78 is 37.9. The van der Waals surface area contributed by atoms with Gasteiger partial charge in [-0.2, -0.15) is 13.2 Å². The third-order valence-electron chi connectivity index (χ3n) is 4.09. The van der Waals surface area contributed by atoms with Gasteiger partial charge in [-0.15, -0.1) is 0 Å². The number of benzene rings is 1. The highest BCUT2D eigenvalue weighted by molar-refractivity contribution is 6.31. The second kappa shape index (κ2) is 3.87. The summed E-state index contributed by atoms with van der Waals surface area (Å²) in [6, 6.07) is 3.95. The third kappa shape index (κ3) is 1.91. The van der Waals surface area contributed by atoms with Gasteiger partial charge in [0.1, 0.15) is 0 Å². The number of nitrogens with two attached hydrogens (primary N) is 1. The van der Waals surface area contributed by atoms with Crippen LogP contribution in [0.1, 0.15) is 31.4 Å². The van der Waals surface area contributed by atoms with Crippen molar-refractivity contribution in [3.05, 3.63) is 34.3 Å². The maximum Gasteiger partial charge on any atom is 0.417 e. The maximum atomic E-state index is 12.6. The quantitative estimate of drug-likeness (QED) is 0.869. The first kappa shape index (κ1) is 13.7. The van der Waals surface area contributed by atoms with Crippen molar-refractivity contribution in [3.63, 3.8) is 0 Å². The van der Waals surface area contributed by atoms with E-state index in [4.69, 9.17) is 17.3 Å². The van der Waals surface area contributed by atoms with Crippen molar-refractivity contribution in [2.24, 2.45) is 11.1 Å². The van der Waals surface area contributed by atoms with Crippen LogP contribution in [0, 0.1) is 5.41 Å². The van der Waals surface area contributed by atoms with Gasteiger partial charge in [0.15, 0.2) is 0 Å². The Kier molecular flexibility index (Phi) is 2.95. The molecule has 1 aliphatic rings. The Morgan fingerprint density at radius 3 is 2.22 bits per heavy atom. The Balaban J connectivity index is 2.42. The normalized spacial score (nSPS) is 26.2. The number of rotatable bonds is 2. The highest BCUT2D eigenvalue weighted by atomic mass is 35.5. The van der Waals surface area contributed by atoms with Gasteiger partial charge in [-0.1, -0.05) is 31.5 Å². The van der Waals surface area contributed by atoms with E-state index in [0.29, 0.717) is 6.54 Å². The van der Waals surface area contributed by atoms with Crippen molar-refractivity contribution in [2.75, 3.05) is 6.54 Å². The van der Waals surface area contributed by atoms with Gasteiger partial charge < -0.3 is 5.73 Å². The van der Waals surface area contributed by atoms with Gasteiger partial charge in [-0.3, -0.25) is 0 Å². The number of alkyl halides is 3. The van der Waals surface area contributed by atoms with Crippen LogP contribution in [0.25, 0.3) is 0 Å². The van der Waals surface area contributed by atoms with Crippen LogP contribution in [0.2, 0.25) is 5.02 Å². The van der Waals surface area contributed by atoms with Gasteiger partial charge in [0.25, 0.3) is 0 Å². The molecule has 5 heteroatoms. The minimum Gasteiger partial charge on any atom is -0.330 e. The van der Waals surface area contributed by atoms with E-state index in [2.05, 4.69) is 13.8 Å². The van der Waals surface area contributed by atoms with E-state index in [0.717, 1.165) is 18.1 Å². The molecule has 1 aromatic rings. The standard InChI is InChI=1S/C13H15ClF3N/c1-11(2)6-12(11,7-18)8-3-4-9(10(14)5-8)13(15,16)17/h3-5H,6-7,18H2,1-2H3. The molecule has 18 heavy (non-hydrogen) atoms. The molecule has 2 N–H and O–H groups in total. The fourth-order valence-electron chi connectivity index (χ4n) is 2.71. The molecule has 1 unspecified atom stereocenters. The minimum absolute atomic E-state index is 0.0187. The van der Waals surface area contributed by atoms with Gasteiger partial charge in [0.05, 0.1) is 10.6 Å². The molecule has 0 radical (unpaired) electrons. The average Bonchev–Trinajstić information content (AvgIpc) is 2.80. The van der Waals surface area contributed by atoms with Crippen LogP contribution in [0.3, 0.4) is 0 Å². The number of hydrogen-bond acceptors (Lipinski definition) is 1. The average molecular weight is 278 g/mol. The van der Waals surface area contributed by atoms with Crippen LogP contribution in [-0.4, -0.2) is 6.54 Å². The van der Waals surface area contributed by atoms with Gasteiger partial charge >= 0.3 is 6.18 Å². The minimum atomic E-state index is -4.41. The van der Waals surface area contributed by atoms with Crippen LogP contribution >= 0.6 is 11.6 Å². The molecule has 1 saturated carbocycles. The molecule has 1 fully saturated rings. The van der Waals surface area contributed by atoms with Crippen LogP contribution < -0.4 is 5.73 Å². The Labute approximate surface area is 109 Å². The Hall–Kier alpha value is -0.740. The lowest BCUT2D eigenvalue weighted by Gasteiger charge is -2.20. The van der Waals surface area contributed by atoms with Gasteiger partial charge in [0, 0.05) is 12.0 Å². The van der Waals surface area contributed by atoms with E-state index < -0.39 is 11.7 Å². The molecule has 0 aliphatic heterocycles. The van der Waals surface area contributed by atoms with Crippen molar-refractivity contribution >= 4 is 11.6 Å². The van der Waals surface area contributed by atoms with E-state index in [1.807, 2.05) is 0 Å². The monoisotopic (exact) mass is 277 g/mol. The lowest BCUT2D eigenvalue weighted by molar-refractivity contribution is -0.137. The summed E-state index contributed by atoms with van der Waals surface area (Å²) in [7, 11) is 0. The molecular formula is C13H15ClF3N. The van der Waals surface area contributed by atoms with E-state index >= 15 is 0 Å². The van der Waals surface area contributed by atoms with Crippen molar-refractivity contribution in [1.29, 1.82) is 0 Å². The van der Waals surface area contributed by atoms with Crippen molar-refractivity contribution in [1.82, 2.24) is 0 Å². The zero-order valence-corrected chi connectivity index (χ0v) is 11.0. The largest absolute Gasteiger partial charge is 0.417 e. The molecule has 0 amide bonds. The van der Waals surface area contributed by atoms with Gasteiger partial charge in [-0.05, 0) is 29.5 Å². The molecule has 0 spiro atoms. The lowest BCUT2D eigenvalue weighted by atomic mass is 9.87. The molecular weight excluding hydrogens is 263 g/mol. The van der Waals surface area contributed by atoms with E-state index in [9.17, 15) is 13.2 Å². The Morgan fingerprint density at radius 1 is 1.33 bits per heavy atom. The lowest BCUT2D eigenvalue weighted by Crippen LogP contribution is -2.25. The van der Waals surface area contributed by atoms with Crippen LogP contribution in [0.5, 0.6) is 0 Å². The summed E-state index contributed by atoms with van der Waals surface area (Å²) >= 11 is 5.74. The number of halogens is 4. The summed E-state index contributed by atoms with van der Waals surface area (Å²) in [6.07, 6.45) is -3.54. The zero-order valence-electron chi connectivity index (χ0n) is 10.2. The summed E-state index contributed by atoms with van der Waals surface area (Å²) in [5.74, 6) is 0. The first-order valence-corrected chi connectivity index (χ1v) is 6.09. The summed E-state index contributed by atoms with van der Waals surface area (Å²) in [5, 5.41) is -0.254. The molecule has 1 aliphatic carbocycles. The summed E-state index contributed by atoms with van der Waals surface area (Å²) in [6.45, 7) is 4.54. The fourth-order valence-corrected chi connectivity index (χ4v) is 3.00. The van der Waals surface area contributed by atoms with Crippen molar-refractivity contribution in [3.8, 4) is 0 Å². The highest BCUT2D eigenvalue weighted by Crippen LogP contribution is 2.63. The number of hydrogen-bond donors (Lipinski definition) is 1. The SMILES string of the molecule is CC1(C)CC1(CN)c1ccc(C(F)(F)F)c(Cl)c1. The van der Waals surface area contributed by atoms with Crippen molar-refractivity contribution < 1.29 is 13.2 Å². The maximum absolute atomic E-state index is 12.6. The molecule has 0 aromatic heterocycles.